The maximum Gasteiger partial charge on any atom is 0.241 e. The number of rotatable bonds is 5. The van der Waals surface area contributed by atoms with Crippen LogP contribution in [0.1, 0.15) is 51.4 Å². The van der Waals surface area contributed by atoms with E-state index in [1.54, 1.807) is 0 Å². The van der Waals surface area contributed by atoms with E-state index < -0.39 is 0 Å². The van der Waals surface area contributed by atoms with Crippen molar-refractivity contribution in [2.75, 3.05) is 0 Å². The molecular weight excluding hydrogens is 266 g/mol. The first-order valence-corrected chi connectivity index (χ1v) is 7.97. The molecule has 0 aromatic rings. The van der Waals surface area contributed by atoms with Crippen molar-refractivity contribution in [2.24, 2.45) is 33.6 Å². The van der Waals surface area contributed by atoms with Gasteiger partial charge in [0, 0.05) is 6.04 Å². The monoisotopic (exact) mass is 295 g/mol. The van der Waals surface area contributed by atoms with E-state index in [0.717, 1.165) is 51.4 Å². The van der Waals surface area contributed by atoms with Crippen LogP contribution < -0.4 is 27.7 Å². The lowest BCUT2D eigenvalue weighted by atomic mass is 9.85. The van der Waals surface area contributed by atoms with E-state index in [1.807, 2.05) is 0 Å². The number of nitrogens with zero attached hydrogens (tertiary/aromatic N) is 2. The Balaban J connectivity index is 1.65. The van der Waals surface area contributed by atoms with Gasteiger partial charge in [-0.25, -0.2) is 0 Å². The summed E-state index contributed by atoms with van der Waals surface area (Å²) in [5, 5.41) is 19.9. The van der Waals surface area contributed by atoms with Crippen molar-refractivity contribution in [1.29, 1.82) is 0 Å². The molecule has 21 heavy (non-hydrogen) atoms. The molecule has 0 atom stereocenters. The van der Waals surface area contributed by atoms with Crippen LogP contribution >= 0.6 is 0 Å². The zero-order valence-corrected chi connectivity index (χ0v) is 12.7. The van der Waals surface area contributed by atoms with Crippen molar-refractivity contribution in [3.05, 3.63) is 0 Å². The number of nitrogens with one attached hydrogen (secondary N) is 1. The van der Waals surface area contributed by atoms with Gasteiger partial charge in [-0.2, -0.15) is 5.11 Å². The molecule has 0 aromatic carbocycles. The van der Waals surface area contributed by atoms with Crippen molar-refractivity contribution in [1.82, 2.24) is 5.43 Å². The number of hydrogen-bond acceptors (Lipinski definition) is 2. The molecule has 0 spiro atoms. The molecule has 0 saturated heterocycles. The second-order valence-corrected chi connectivity index (χ2v) is 6.40. The molecular formula is C14H29N7+2. The first kappa shape index (κ1) is 15.7. The fraction of sp³-hybridized carbons (Fsp3) is 0.857. The smallest absolute Gasteiger partial charge is 0.241 e. The maximum atomic E-state index is 5.66. The summed E-state index contributed by atoms with van der Waals surface area (Å²) in [6, 6.07) is 0.700. The van der Waals surface area contributed by atoms with Crippen molar-refractivity contribution < 1.29 is 10.8 Å². The maximum absolute atomic E-state index is 5.66. The SMILES string of the molecule is NC(=[NH2+])C1CCC(N=NNC2CCC(C(N)=[NH2+])CC2)CC1. The van der Waals surface area contributed by atoms with Crippen LogP contribution in [-0.2, 0) is 0 Å². The predicted octanol–water partition coefficient (Wildman–Crippen LogP) is -1.71. The fourth-order valence-electron chi connectivity index (χ4n) is 3.28. The van der Waals surface area contributed by atoms with Crippen molar-refractivity contribution >= 4 is 11.7 Å². The molecule has 0 bridgehead atoms. The molecule has 9 N–H and O–H groups in total. The highest BCUT2D eigenvalue weighted by atomic mass is 15.4. The quantitative estimate of drug-likeness (QED) is 0.178. The molecule has 118 valence electrons. The highest BCUT2D eigenvalue weighted by molar-refractivity contribution is 5.77. The molecule has 0 aromatic heterocycles. The van der Waals surface area contributed by atoms with Gasteiger partial charge in [0.1, 0.15) is 0 Å². The van der Waals surface area contributed by atoms with Crippen LogP contribution in [0.2, 0.25) is 0 Å². The Hall–Kier alpha value is -1.66. The summed E-state index contributed by atoms with van der Waals surface area (Å²) in [5.74, 6) is 1.87. The summed E-state index contributed by atoms with van der Waals surface area (Å²) in [4.78, 5) is 0. The van der Waals surface area contributed by atoms with Gasteiger partial charge in [-0.3, -0.25) is 27.7 Å². The highest BCUT2D eigenvalue weighted by Crippen LogP contribution is 2.26. The van der Waals surface area contributed by atoms with Gasteiger partial charge in [-0.15, -0.1) is 0 Å². The molecule has 0 radical (unpaired) electrons. The minimum atomic E-state index is 0.303. The first-order valence-electron chi connectivity index (χ1n) is 7.97. The zero-order valence-electron chi connectivity index (χ0n) is 12.7. The van der Waals surface area contributed by atoms with Gasteiger partial charge in [0.2, 0.25) is 11.7 Å². The van der Waals surface area contributed by atoms with Gasteiger partial charge in [0.05, 0.1) is 17.9 Å². The summed E-state index contributed by atoms with van der Waals surface area (Å²) in [7, 11) is 0. The molecule has 2 fully saturated rings. The van der Waals surface area contributed by atoms with Crippen LogP contribution in [-0.4, -0.2) is 23.8 Å². The highest BCUT2D eigenvalue weighted by Gasteiger charge is 2.26. The van der Waals surface area contributed by atoms with Gasteiger partial charge in [-0.05, 0) is 51.4 Å². The zero-order chi connectivity index (χ0) is 15.2. The molecule has 2 aliphatic carbocycles. The first-order chi connectivity index (χ1) is 10.1. The predicted molar refractivity (Wildman–Crippen MR) is 81.7 cm³/mol. The average molecular weight is 295 g/mol. The van der Waals surface area contributed by atoms with E-state index in [2.05, 4.69) is 15.8 Å². The minimum Gasteiger partial charge on any atom is -0.291 e. The van der Waals surface area contributed by atoms with E-state index in [-0.39, 0.29) is 0 Å². The van der Waals surface area contributed by atoms with Crippen molar-refractivity contribution in [2.45, 2.75) is 63.5 Å². The Morgan fingerprint density at radius 2 is 1.29 bits per heavy atom. The Morgan fingerprint density at radius 1 is 0.810 bits per heavy atom. The molecule has 2 saturated carbocycles. The molecule has 0 amide bonds. The minimum absolute atomic E-state index is 0.303. The van der Waals surface area contributed by atoms with Crippen LogP contribution in [0.4, 0.5) is 0 Å². The molecule has 0 aliphatic heterocycles. The number of amidine groups is 2. The van der Waals surface area contributed by atoms with Gasteiger partial charge in [0.15, 0.2) is 0 Å². The third kappa shape index (κ3) is 4.68. The normalized spacial score (nSPS) is 33.7. The Bertz CT molecular complexity index is 390. The molecule has 7 heteroatoms. The third-order valence-corrected chi connectivity index (χ3v) is 4.83. The summed E-state index contributed by atoms with van der Waals surface area (Å²) in [6.07, 6.45) is 8.22. The average Bonchev–Trinajstić information content (AvgIpc) is 2.48. The van der Waals surface area contributed by atoms with Gasteiger partial charge >= 0.3 is 0 Å². The lowest BCUT2D eigenvalue weighted by Gasteiger charge is -2.26. The van der Waals surface area contributed by atoms with E-state index in [9.17, 15) is 0 Å². The molecule has 2 rings (SSSR count). The molecule has 7 nitrogen and oxygen atoms in total. The standard InChI is InChI=1S/C14H27N7/c15-13(16)9-1-5-11(6-2-9)19-21-20-12-7-3-10(4-8-12)14(17)18/h9-12H,1-8H2,(H3,15,16)(H3,17,18)(H,19,20)/p+2. The molecule has 0 unspecified atom stereocenters. The van der Waals surface area contributed by atoms with E-state index in [4.69, 9.17) is 22.3 Å². The topological polar surface area (TPSA) is 140 Å². The van der Waals surface area contributed by atoms with Crippen molar-refractivity contribution in [3.8, 4) is 0 Å². The summed E-state index contributed by atoms with van der Waals surface area (Å²) >= 11 is 0. The van der Waals surface area contributed by atoms with Crippen LogP contribution in [0, 0.1) is 11.8 Å². The fourth-order valence-corrected chi connectivity index (χ4v) is 3.28. The van der Waals surface area contributed by atoms with Gasteiger partial charge < -0.3 is 0 Å². The third-order valence-electron chi connectivity index (χ3n) is 4.83. The Morgan fingerprint density at radius 3 is 1.76 bits per heavy atom. The van der Waals surface area contributed by atoms with Crippen LogP contribution in [0.3, 0.4) is 0 Å². The second kappa shape index (κ2) is 7.38. The second-order valence-electron chi connectivity index (χ2n) is 6.40. The van der Waals surface area contributed by atoms with E-state index >= 15 is 0 Å². The molecule has 0 heterocycles. The van der Waals surface area contributed by atoms with Crippen molar-refractivity contribution in [3.63, 3.8) is 0 Å². The van der Waals surface area contributed by atoms with Crippen LogP contribution in [0.15, 0.2) is 10.3 Å². The lowest BCUT2D eigenvalue weighted by Crippen LogP contribution is -2.51. The summed E-state index contributed by atoms with van der Waals surface area (Å²) in [5.41, 5.74) is 14.5. The number of hydrogen-bond donors (Lipinski definition) is 5. The van der Waals surface area contributed by atoms with E-state index in [1.165, 1.54) is 0 Å². The Labute approximate surface area is 125 Å². The van der Waals surface area contributed by atoms with E-state index in [0.29, 0.717) is 35.6 Å². The molecule has 2 aliphatic rings. The number of nitrogens with two attached hydrogens (primary N) is 4. The lowest BCUT2D eigenvalue weighted by molar-refractivity contribution is -0.123. The van der Waals surface area contributed by atoms with Crippen LogP contribution in [0.5, 0.6) is 0 Å². The van der Waals surface area contributed by atoms with Gasteiger partial charge in [0.25, 0.3) is 0 Å². The Kier molecular flexibility index (Phi) is 5.52. The summed E-state index contributed by atoms with van der Waals surface area (Å²) in [6.45, 7) is 0. The summed E-state index contributed by atoms with van der Waals surface area (Å²) < 4.78 is 0. The largest absolute Gasteiger partial charge is 0.291 e. The van der Waals surface area contributed by atoms with Gasteiger partial charge in [-0.1, -0.05) is 5.22 Å². The van der Waals surface area contributed by atoms with Crippen LogP contribution in [0.25, 0.3) is 0 Å².